The van der Waals surface area contributed by atoms with Crippen molar-refractivity contribution in [1.82, 2.24) is 5.43 Å². The smallest absolute Gasteiger partial charge is 0.263 e. The Balaban J connectivity index is 2.08. The van der Waals surface area contributed by atoms with E-state index < -0.39 is 22.0 Å². The summed E-state index contributed by atoms with van der Waals surface area (Å²) in [4.78, 5) is 12.4. The normalized spacial score (nSPS) is 12.4. The van der Waals surface area contributed by atoms with Crippen LogP contribution in [0.4, 0.5) is 5.69 Å². The molecule has 1 unspecified atom stereocenters. The molecular weight excluding hydrogens is 378 g/mol. The van der Waals surface area contributed by atoms with Crippen molar-refractivity contribution in [3.63, 3.8) is 0 Å². The topological polar surface area (TPSA) is 88.1 Å². The Morgan fingerprint density at radius 1 is 1.25 bits per heavy atom. The summed E-state index contributed by atoms with van der Waals surface area (Å²) < 4.78 is 30.9. The number of anilines is 1. The molecule has 2 aromatic rings. The third-order valence-electron chi connectivity index (χ3n) is 3.71. The van der Waals surface area contributed by atoms with Crippen LogP contribution in [-0.2, 0) is 14.8 Å². The predicted molar refractivity (Wildman–Crippen MR) is 111 cm³/mol. The number of hydrazone groups is 1. The van der Waals surface area contributed by atoms with Crippen molar-refractivity contribution in [3.8, 4) is 5.75 Å². The van der Waals surface area contributed by atoms with E-state index in [0.717, 1.165) is 16.1 Å². The third kappa shape index (κ3) is 5.95. The lowest BCUT2D eigenvalue weighted by Crippen LogP contribution is -2.46. The summed E-state index contributed by atoms with van der Waals surface area (Å²) in [5.41, 5.74) is 3.51. The second-order valence-electron chi connectivity index (χ2n) is 5.98. The van der Waals surface area contributed by atoms with Gasteiger partial charge in [0.25, 0.3) is 5.91 Å². The van der Waals surface area contributed by atoms with Crippen LogP contribution in [0.5, 0.6) is 5.75 Å². The number of ether oxygens (including phenoxy) is 1. The van der Waals surface area contributed by atoms with E-state index in [9.17, 15) is 13.2 Å². The molecular formula is C20H23N3O4S. The summed E-state index contributed by atoms with van der Waals surface area (Å²) in [6.07, 6.45) is 4.16. The highest BCUT2D eigenvalue weighted by atomic mass is 32.2. The monoisotopic (exact) mass is 401 g/mol. The average Bonchev–Trinajstić information content (AvgIpc) is 2.66. The van der Waals surface area contributed by atoms with Crippen molar-refractivity contribution in [2.24, 2.45) is 5.10 Å². The zero-order chi connectivity index (χ0) is 20.6. The molecule has 0 fully saturated rings. The summed E-state index contributed by atoms with van der Waals surface area (Å²) in [6.45, 7) is 5.48. The molecule has 1 atom stereocenters. The second kappa shape index (κ2) is 9.70. The van der Waals surface area contributed by atoms with Gasteiger partial charge in [0.1, 0.15) is 18.4 Å². The second-order valence-corrected chi connectivity index (χ2v) is 7.84. The van der Waals surface area contributed by atoms with Gasteiger partial charge in [-0.15, -0.1) is 0 Å². The fourth-order valence-electron chi connectivity index (χ4n) is 2.49. The third-order valence-corrected chi connectivity index (χ3v) is 4.96. The van der Waals surface area contributed by atoms with E-state index in [2.05, 4.69) is 17.1 Å². The molecule has 1 amide bonds. The minimum absolute atomic E-state index is 0.385. The van der Waals surface area contributed by atoms with Crippen LogP contribution in [0, 0.1) is 0 Å². The van der Waals surface area contributed by atoms with Crippen LogP contribution in [-0.4, -0.2) is 39.4 Å². The Labute approximate surface area is 165 Å². The summed E-state index contributed by atoms with van der Waals surface area (Å²) in [5.74, 6) is 0.0977. The van der Waals surface area contributed by atoms with Crippen LogP contribution in [0.3, 0.4) is 0 Å². The lowest BCUT2D eigenvalue weighted by Gasteiger charge is -2.27. The zero-order valence-corrected chi connectivity index (χ0v) is 16.6. The number of rotatable bonds is 9. The summed E-state index contributed by atoms with van der Waals surface area (Å²) >= 11 is 0. The van der Waals surface area contributed by atoms with Gasteiger partial charge in [0.2, 0.25) is 10.0 Å². The van der Waals surface area contributed by atoms with Gasteiger partial charge in [-0.05, 0) is 36.8 Å². The van der Waals surface area contributed by atoms with E-state index in [0.29, 0.717) is 18.0 Å². The maximum atomic E-state index is 12.4. The number of nitrogens with zero attached hydrogens (tertiary/aromatic N) is 2. The van der Waals surface area contributed by atoms with Crippen LogP contribution < -0.4 is 14.5 Å². The molecule has 8 heteroatoms. The number of carbonyl (C=O) groups is 1. The van der Waals surface area contributed by atoms with E-state index in [1.54, 1.807) is 60.7 Å². The fraction of sp³-hybridized carbons (Fsp3) is 0.200. The maximum absolute atomic E-state index is 12.4. The number of hydrogen-bond donors (Lipinski definition) is 1. The highest BCUT2D eigenvalue weighted by Gasteiger charge is 2.28. The average molecular weight is 401 g/mol. The molecule has 2 aromatic carbocycles. The zero-order valence-electron chi connectivity index (χ0n) is 15.8. The van der Waals surface area contributed by atoms with Gasteiger partial charge < -0.3 is 4.74 Å². The van der Waals surface area contributed by atoms with Crippen molar-refractivity contribution in [3.05, 3.63) is 72.8 Å². The van der Waals surface area contributed by atoms with Gasteiger partial charge in [-0.2, -0.15) is 5.10 Å². The van der Waals surface area contributed by atoms with Crippen molar-refractivity contribution in [1.29, 1.82) is 0 Å². The molecule has 0 radical (unpaired) electrons. The number of benzene rings is 2. The molecule has 2 rings (SSSR count). The quantitative estimate of drug-likeness (QED) is 0.397. The Hall–Kier alpha value is -3.13. The number of para-hydroxylation sites is 1. The SMILES string of the molecule is C=CCOc1cccc(/C=N\NC(=O)C(C)N(c2ccccc2)S(C)(=O)=O)c1. The number of carbonyl (C=O) groups excluding carboxylic acids is 1. The summed E-state index contributed by atoms with van der Waals surface area (Å²) in [5, 5.41) is 3.92. The molecule has 0 aliphatic rings. The van der Waals surface area contributed by atoms with Crippen molar-refractivity contribution < 1.29 is 17.9 Å². The van der Waals surface area contributed by atoms with Crippen LogP contribution in [0.25, 0.3) is 0 Å². The van der Waals surface area contributed by atoms with Crippen molar-refractivity contribution in [2.45, 2.75) is 13.0 Å². The Morgan fingerprint density at radius 3 is 2.61 bits per heavy atom. The molecule has 0 aromatic heterocycles. The van der Waals surface area contributed by atoms with E-state index in [1.807, 2.05) is 0 Å². The van der Waals surface area contributed by atoms with E-state index in [4.69, 9.17) is 4.74 Å². The minimum atomic E-state index is -3.66. The number of amides is 1. The van der Waals surface area contributed by atoms with E-state index in [-0.39, 0.29) is 0 Å². The molecule has 0 saturated heterocycles. The van der Waals surface area contributed by atoms with Crippen molar-refractivity contribution >= 4 is 27.8 Å². The number of hydrogen-bond acceptors (Lipinski definition) is 5. The molecule has 0 aliphatic heterocycles. The Bertz CT molecular complexity index is 943. The lowest BCUT2D eigenvalue weighted by molar-refractivity contribution is -0.121. The standard InChI is InChI=1S/C20H23N3O4S/c1-4-13-27-19-12-8-9-17(14-19)15-21-22-20(24)16(2)23(28(3,25)26)18-10-6-5-7-11-18/h4-12,14-16H,1,13H2,2-3H3,(H,22,24)/b21-15-. The fourth-order valence-corrected chi connectivity index (χ4v) is 3.66. The molecule has 0 heterocycles. The van der Waals surface area contributed by atoms with Gasteiger partial charge in [0.05, 0.1) is 18.2 Å². The largest absolute Gasteiger partial charge is 0.490 e. The van der Waals surface area contributed by atoms with Crippen LogP contribution in [0.2, 0.25) is 0 Å². The van der Waals surface area contributed by atoms with Crippen LogP contribution in [0.15, 0.2) is 72.4 Å². The molecule has 28 heavy (non-hydrogen) atoms. The van der Waals surface area contributed by atoms with Gasteiger partial charge in [-0.3, -0.25) is 9.10 Å². The van der Waals surface area contributed by atoms with Gasteiger partial charge in [0, 0.05) is 0 Å². The first kappa shape index (κ1) is 21.2. The summed E-state index contributed by atoms with van der Waals surface area (Å²) in [7, 11) is -3.66. The predicted octanol–water partition coefficient (Wildman–Crippen LogP) is 2.56. The van der Waals surface area contributed by atoms with E-state index >= 15 is 0 Å². The van der Waals surface area contributed by atoms with Gasteiger partial charge >= 0.3 is 0 Å². The molecule has 1 N–H and O–H groups in total. The summed E-state index contributed by atoms with van der Waals surface area (Å²) in [6, 6.07) is 14.6. The highest BCUT2D eigenvalue weighted by Crippen LogP contribution is 2.20. The minimum Gasteiger partial charge on any atom is -0.490 e. The Kier molecular flexibility index (Phi) is 7.34. The molecule has 0 saturated carbocycles. The van der Waals surface area contributed by atoms with Gasteiger partial charge in [-0.1, -0.05) is 43.0 Å². The maximum Gasteiger partial charge on any atom is 0.263 e. The van der Waals surface area contributed by atoms with E-state index in [1.165, 1.54) is 13.1 Å². The van der Waals surface area contributed by atoms with Crippen molar-refractivity contribution in [2.75, 3.05) is 17.2 Å². The van der Waals surface area contributed by atoms with Gasteiger partial charge in [0.15, 0.2) is 0 Å². The van der Waals surface area contributed by atoms with Crippen LogP contribution in [0.1, 0.15) is 12.5 Å². The molecule has 0 aliphatic carbocycles. The highest BCUT2D eigenvalue weighted by molar-refractivity contribution is 7.92. The number of sulfonamides is 1. The molecule has 7 nitrogen and oxygen atoms in total. The molecule has 148 valence electrons. The molecule has 0 bridgehead atoms. The Morgan fingerprint density at radius 2 is 1.96 bits per heavy atom. The first-order chi connectivity index (χ1) is 13.3. The number of nitrogens with one attached hydrogen (secondary N) is 1. The molecule has 0 spiro atoms. The first-order valence-corrected chi connectivity index (χ1v) is 10.4. The first-order valence-electron chi connectivity index (χ1n) is 8.54. The van der Waals surface area contributed by atoms with Gasteiger partial charge in [-0.25, -0.2) is 13.8 Å². The lowest BCUT2D eigenvalue weighted by atomic mass is 10.2. The van der Waals surface area contributed by atoms with Crippen LogP contribution >= 0.6 is 0 Å².